The summed E-state index contributed by atoms with van der Waals surface area (Å²) in [5.74, 6) is -0.148. The lowest BCUT2D eigenvalue weighted by Crippen LogP contribution is -2.33. The predicted molar refractivity (Wildman–Crippen MR) is 93.2 cm³/mol. The minimum Gasteiger partial charge on any atom is -0.508 e. The van der Waals surface area contributed by atoms with Crippen molar-refractivity contribution in [1.82, 2.24) is 0 Å². The van der Waals surface area contributed by atoms with Crippen LogP contribution in [0.5, 0.6) is 28.7 Å². The molecule has 0 amide bonds. The molecule has 1 aliphatic rings. The molecule has 2 aromatic carbocycles. The number of hydrogen-bond donors (Lipinski definition) is 6. The second kappa shape index (κ2) is 6.91. The van der Waals surface area contributed by atoms with Crippen molar-refractivity contribution < 1.29 is 30.3 Å². The Morgan fingerprint density at radius 1 is 1.00 bits per heavy atom. The van der Waals surface area contributed by atoms with Crippen LogP contribution in [0, 0.1) is 0 Å². The van der Waals surface area contributed by atoms with Crippen molar-refractivity contribution in [3.05, 3.63) is 41.5 Å². The van der Waals surface area contributed by atoms with E-state index in [4.69, 9.17) is 10.5 Å². The van der Waals surface area contributed by atoms with Gasteiger partial charge in [0.05, 0.1) is 10.8 Å². The number of aromatic hydroxyl groups is 4. The Kier molecular flexibility index (Phi) is 4.85. The maximum atomic E-state index is 10.8. The third kappa shape index (κ3) is 3.28. The van der Waals surface area contributed by atoms with Gasteiger partial charge in [0.1, 0.15) is 23.4 Å². The minimum atomic E-state index is -1.04. The summed E-state index contributed by atoms with van der Waals surface area (Å²) in [7, 11) is 0. The SMILES string of the molecule is NCCS[C@@H]1c2c(O)cc(O)cc2O[C@H](c2ccc(O)c(O)c2)[C@@H]1O. The van der Waals surface area contributed by atoms with Crippen LogP contribution in [0.1, 0.15) is 22.5 Å². The monoisotopic (exact) mass is 365 g/mol. The van der Waals surface area contributed by atoms with E-state index in [1.807, 2.05) is 0 Å². The zero-order chi connectivity index (χ0) is 18.1. The first-order chi connectivity index (χ1) is 11.9. The summed E-state index contributed by atoms with van der Waals surface area (Å²) < 4.78 is 5.79. The number of ether oxygens (including phenoxy) is 1. The zero-order valence-corrected chi connectivity index (χ0v) is 14.0. The summed E-state index contributed by atoms with van der Waals surface area (Å²) >= 11 is 1.37. The second-order valence-electron chi connectivity index (χ2n) is 5.73. The largest absolute Gasteiger partial charge is 0.508 e. The number of phenolic OH excluding ortho intramolecular Hbond substituents is 4. The first-order valence-electron chi connectivity index (χ1n) is 7.66. The van der Waals surface area contributed by atoms with E-state index in [9.17, 15) is 25.5 Å². The van der Waals surface area contributed by atoms with Crippen LogP contribution in [0.25, 0.3) is 0 Å². The van der Waals surface area contributed by atoms with Crippen LogP contribution in [-0.4, -0.2) is 43.9 Å². The Morgan fingerprint density at radius 3 is 2.44 bits per heavy atom. The molecular formula is C17H19NO6S. The average Bonchev–Trinajstić information content (AvgIpc) is 2.56. The highest BCUT2D eigenvalue weighted by Crippen LogP contribution is 2.52. The van der Waals surface area contributed by atoms with Crippen molar-refractivity contribution in [1.29, 1.82) is 0 Å². The van der Waals surface area contributed by atoms with Gasteiger partial charge >= 0.3 is 0 Å². The third-order valence-electron chi connectivity index (χ3n) is 4.01. The van der Waals surface area contributed by atoms with E-state index in [2.05, 4.69) is 0 Å². The molecule has 25 heavy (non-hydrogen) atoms. The van der Waals surface area contributed by atoms with Gasteiger partial charge in [0.25, 0.3) is 0 Å². The van der Waals surface area contributed by atoms with E-state index in [0.717, 1.165) is 0 Å². The number of hydrogen-bond acceptors (Lipinski definition) is 8. The fourth-order valence-corrected chi connectivity index (χ4v) is 4.01. The lowest BCUT2D eigenvalue weighted by Gasteiger charge is -2.37. The maximum absolute atomic E-state index is 10.8. The lowest BCUT2D eigenvalue weighted by molar-refractivity contribution is 0.0174. The van der Waals surface area contributed by atoms with Crippen LogP contribution in [0.2, 0.25) is 0 Å². The highest BCUT2D eigenvalue weighted by Gasteiger charge is 2.40. The van der Waals surface area contributed by atoms with Crippen molar-refractivity contribution in [3.63, 3.8) is 0 Å². The van der Waals surface area contributed by atoms with Gasteiger partial charge < -0.3 is 36.0 Å². The van der Waals surface area contributed by atoms with Crippen LogP contribution in [0.3, 0.4) is 0 Å². The van der Waals surface area contributed by atoms with Crippen molar-refractivity contribution in [2.45, 2.75) is 17.5 Å². The van der Waals surface area contributed by atoms with Gasteiger partial charge in [-0.2, -0.15) is 0 Å². The van der Waals surface area contributed by atoms with Crippen molar-refractivity contribution >= 4 is 11.8 Å². The topological polar surface area (TPSA) is 136 Å². The zero-order valence-electron chi connectivity index (χ0n) is 13.2. The molecule has 3 rings (SSSR count). The van der Waals surface area contributed by atoms with Gasteiger partial charge in [0.2, 0.25) is 0 Å². The summed E-state index contributed by atoms with van der Waals surface area (Å²) in [6, 6.07) is 6.70. The third-order valence-corrected chi connectivity index (χ3v) is 5.35. The number of fused-ring (bicyclic) bond motifs is 1. The van der Waals surface area contributed by atoms with Gasteiger partial charge in [-0.3, -0.25) is 0 Å². The predicted octanol–water partition coefficient (Wildman–Crippen LogP) is 1.74. The summed E-state index contributed by atoms with van der Waals surface area (Å²) in [5, 5.41) is 49.4. The summed E-state index contributed by atoms with van der Waals surface area (Å²) in [6.45, 7) is 0.396. The number of nitrogens with two attached hydrogens (primary N) is 1. The van der Waals surface area contributed by atoms with E-state index in [0.29, 0.717) is 23.4 Å². The molecule has 0 fully saturated rings. The fourth-order valence-electron chi connectivity index (χ4n) is 2.88. The number of rotatable bonds is 4. The maximum Gasteiger partial charge on any atom is 0.157 e. The van der Waals surface area contributed by atoms with Crippen LogP contribution < -0.4 is 10.5 Å². The van der Waals surface area contributed by atoms with Gasteiger partial charge in [-0.05, 0) is 17.7 Å². The normalized spacial score (nSPS) is 22.2. The van der Waals surface area contributed by atoms with Gasteiger partial charge in [0, 0.05) is 24.4 Å². The van der Waals surface area contributed by atoms with E-state index in [1.54, 1.807) is 0 Å². The summed E-state index contributed by atoms with van der Waals surface area (Å²) in [4.78, 5) is 0. The van der Waals surface area contributed by atoms with Crippen LogP contribution in [0.15, 0.2) is 30.3 Å². The molecule has 0 unspecified atom stereocenters. The molecule has 2 aromatic rings. The molecule has 3 atom stereocenters. The first-order valence-corrected chi connectivity index (χ1v) is 8.71. The molecule has 1 aliphatic heterocycles. The van der Waals surface area contributed by atoms with Crippen LogP contribution >= 0.6 is 11.8 Å². The number of phenols is 4. The molecular weight excluding hydrogens is 346 g/mol. The number of benzene rings is 2. The minimum absolute atomic E-state index is 0.164. The van der Waals surface area contributed by atoms with Crippen molar-refractivity contribution in [2.24, 2.45) is 5.73 Å². The van der Waals surface area contributed by atoms with E-state index < -0.39 is 17.5 Å². The van der Waals surface area contributed by atoms with Crippen LogP contribution in [0.4, 0.5) is 0 Å². The second-order valence-corrected chi connectivity index (χ2v) is 6.98. The Balaban J connectivity index is 2.06. The molecule has 8 heteroatoms. The van der Waals surface area contributed by atoms with Gasteiger partial charge in [-0.1, -0.05) is 6.07 Å². The molecule has 0 radical (unpaired) electrons. The molecule has 0 spiro atoms. The molecule has 1 heterocycles. The quantitative estimate of drug-likeness (QED) is 0.451. The number of thioether (sulfide) groups is 1. The van der Waals surface area contributed by atoms with E-state index in [-0.39, 0.29) is 28.7 Å². The Morgan fingerprint density at radius 2 is 1.76 bits per heavy atom. The molecule has 134 valence electrons. The highest BCUT2D eigenvalue weighted by molar-refractivity contribution is 7.99. The molecule has 0 aliphatic carbocycles. The molecule has 7 nitrogen and oxygen atoms in total. The van der Waals surface area contributed by atoms with Gasteiger partial charge in [-0.15, -0.1) is 11.8 Å². The first kappa shape index (κ1) is 17.5. The van der Waals surface area contributed by atoms with Crippen LogP contribution in [-0.2, 0) is 0 Å². The van der Waals surface area contributed by atoms with Gasteiger partial charge in [-0.25, -0.2) is 0 Å². The molecule has 7 N–H and O–H groups in total. The van der Waals surface area contributed by atoms with Gasteiger partial charge in [0.15, 0.2) is 17.6 Å². The number of aliphatic hydroxyl groups is 1. The van der Waals surface area contributed by atoms with Crippen molar-refractivity contribution in [3.8, 4) is 28.7 Å². The smallest absolute Gasteiger partial charge is 0.157 e. The molecule has 0 saturated heterocycles. The molecule has 0 bridgehead atoms. The standard InChI is InChI=1S/C17H19NO6S/c18-3-4-25-17-14-12(22)6-9(19)7-13(14)24-16(15(17)23)8-1-2-10(20)11(21)5-8/h1-2,5-7,15-17,19-23H,3-4,18H2/t15-,16+,17+/m0/s1. The van der Waals surface area contributed by atoms with E-state index in [1.165, 1.54) is 42.1 Å². The molecule has 0 aromatic heterocycles. The molecule has 0 saturated carbocycles. The van der Waals surface area contributed by atoms with Crippen molar-refractivity contribution in [2.75, 3.05) is 12.3 Å². The summed E-state index contributed by atoms with van der Waals surface area (Å²) in [6.07, 6.45) is -1.89. The average molecular weight is 365 g/mol. The Bertz CT molecular complexity index is 784. The fraction of sp³-hybridized carbons (Fsp3) is 0.294. The highest BCUT2D eigenvalue weighted by atomic mass is 32.2. The summed E-state index contributed by atoms with van der Waals surface area (Å²) in [5.41, 5.74) is 6.40. The van der Waals surface area contributed by atoms with E-state index >= 15 is 0 Å². The lowest BCUT2D eigenvalue weighted by atomic mass is 9.93. The Hall–Kier alpha value is -2.29. The Labute approximate surface area is 148 Å². The number of aliphatic hydroxyl groups excluding tert-OH is 1.